The minimum Gasteiger partial charge on any atom is -0.484 e. The van der Waals surface area contributed by atoms with E-state index in [9.17, 15) is 9.59 Å². The first-order chi connectivity index (χ1) is 12.2. The van der Waals surface area contributed by atoms with Crippen molar-refractivity contribution in [3.05, 3.63) is 54.5 Å². The second-order valence-corrected chi connectivity index (χ2v) is 6.08. The van der Waals surface area contributed by atoms with Crippen molar-refractivity contribution in [2.45, 2.75) is 19.4 Å². The molecule has 1 saturated heterocycles. The first kappa shape index (κ1) is 17.1. The van der Waals surface area contributed by atoms with Crippen LogP contribution in [0, 0.1) is 5.92 Å². The van der Waals surface area contributed by atoms with Gasteiger partial charge >= 0.3 is 0 Å². The Bertz CT molecular complexity index is 685. The highest BCUT2D eigenvalue weighted by atomic mass is 16.5. The van der Waals surface area contributed by atoms with Gasteiger partial charge in [0.1, 0.15) is 11.5 Å². The lowest BCUT2D eigenvalue weighted by Crippen LogP contribution is -2.46. The number of amides is 2. The van der Waals surface area contributed by atoms with E-state index in [1.165, 1.54) is 0 Å². The molecule has 0 bridgehead atoms. The summed E-state index contributed by atoms with van der Waals surface area (Å²) >= 11 is 0. The minimum atomic E-state index is -0.190. The van der Waals surface area contributed by atoms with Gasteiger partial charge in [-0.2, -0.15) is 0 Å². The minimum absolute atomic E-state index is 0.00918. The molecule has 0 radical (unpaired) electrons. The summed E-state index contributed by atoms with van der Waals surface area (Å²) in [7, 11) is 0. The molecule has 2 amide bonds. The number of nitrogens with one attached hydrogen (secondary N) is 1. The summed E-state index contributed by atoms with van der Waals surface area (Å²) < 4.78 is 10.7. The van der Waals surface area contributed by atoms with Gasteiger partial charge in [0, 0.05) is 13.1 Å². The zero-order valence-corrected chi connectivity index (χ0v) is 14.0. The van der Waals surface area contributed by atoms with Crippen LogP contribution in [-0.4, -0.2) is 36.4 Å². The van der Waals surface area contributed by atoms with Crippen LogP contribution in [0.4, 0.5) is 0 Å². The number of carbonyl (C=O) groups excluding carboxylic acids is 2. The predicted octanol–water partition coefficient (Wildman–Crippen LogP) is 2.21. The average Bonchev–Trinajstić information content (AvgIpc) is 3.18. The molecule has 2 heterocycles. The number of likely N-dealkylation sites (tertiary alicyclic amines) is 1. The molecule has 1 N–H and O–H groups in total. The molecule has 3 rings (SSSR count). The van der Waals surface area contributed by atoms with E-state index < -0.39 is 0 Å². The Hall–Kier alpha value is -2.76. The number of piperidine rings is 1. The number of carbonyl (C=O) groups is 2. The third-order valence-electron chi connectivity index (χ3n) is 4.27. The van der Waals surface area contributed by atoms with E-state index in [1.807, 2.05) is 36.4 Å². The van der Waals surface area contributed by atoms with E-state index in [0.717, 1.165) is 12.8 Å². The number of para-hydroxylation sites is 1. The van der Waals surface area contributed by atoms with E-state index >= 15 is 0 Å². The monoisotopic (exact) mass is 342 g/mol. The third-order valence-corrected chi connectivity index (χ3v) is 4.27. The van der Waals surface area contributed by atoms with Crippen molar-refractivity contribution in [2.24, 2.45) is 5.92 Å². The largest absolute Gasteiger partial charge is 0.484 e. The molecule has 0 saturated carbocycles. The third kappa shape index (κ3) is 4.86. The first-order valence-corrected chi connectivity index (χ1v) is 8.48. The van der Waals surface area contributed by atoms with Crippen molar-refractivity contribution in [3.63, 3.8) is 0 Å². The maximum atomic E-state index is 12.3. The second kappa shape index (κ2) is 8.37. The molecule has 1 atom stereocenters. The summed E-state index contributed by atoms with van der Waals surface area (Å²) in [5.74, 6) is 1.06. The van der Waals surface area contributed by atoms with Crippen molar-refractivity contribution in [1.82, 2.24) is 10.2 Å². The van der Waals surface area contributed by atoms with E-state index in [-0.39, 0.29) is 24.3 Å². The second-order valence-electron chi connectivity index (χ2n) is 6.08. The Morgan fingerprint density at radius 3 is 2.80 bits per heavy atom. The normalized spacial score (nSPS) is 17.1. The molecule has 0 spiro atoms. The molecule has 6 nitrogen and oxygen atoms in total. The molecule has 1 fully saturated rings. The first-order valence-electron chi connectivity index (χ1n) is 8.48. The molecular weight excluding hydrogens is 320 g/mol. The molecule has 2 aromatic rings. The number of rotatable bonds is 6. The number of nitrogens with zero attached hydrogens (tertiary/aromatic N) is 1. The average molecular weight is 342 g/mol. The Morgan fingerprint density at radius 2 is 2.04 bits per heavy atom. The van der Waals surface area contributed by atoms with Crippen molar-refractivity contribution in [1.29, 1.82) is 0 Å². The van der Waals surface area contributed by atoms with Gasteiger partial charge in [-0.25, -0.2) is 0 Å². The molecule has 132 valence electrons. The van der Waals surface area contributed by atoms with Crippen LogP contribution in [-0.2, 0) is 16.1 Å². The number of hydrogen-bond donors (Lipinski definition) is 1. The topological polar surface area (TPSA) is 71.8 Å². The highest BCUT2D eigenvalue weighted by molar-refractivity contribution is 5.81. The summed E-state index contributed by atoms with van der Waals surface area (Å²) in [6, 6.07) is 12.8. The fraction of sp³-hybridized carbons (Fsp3) is 0.368. The SMILES string of the molecule is O=C(NCc1ccco1)[C@@H]1CCCN(C(=O)COc2ccccc2)C1. The van der Waals surface area contributed by atoms with Crippen LogP contribution < -0.4 is 10.1 Å². The lowest BCUT2D eigenvalue weighted by Gasteiger charge is -2.32. The van der Waals surface area contributed by atoms with Crippen LogP contribution in [0.25, 0.3) is 0 Å². The molecule has 25 heavy (non-hydrogen) atoms. The summed E-state index contributed by atoms with van der Waals surface area (Å²) in [5.41, 5.74) is 0. The van der Waals surface area contributed by atoms with E-state index in [4.69, 9.17) is 9.15 Å². The summed E-state index contributed by atoms with van der Waals surface area (Å²) in [5, 5.41) is 2.87. The van der Waals surface area contributed by atoms with Gasteiger partial charge in [0.15, 0.2) is 6.61 Å². The summed E-state index contributed by atoms with van der Waals surface area (Å²) in [6.45, 7) is 1.46. The summed E-state index contributed by atoms with van der Waals surface area (Å²) in [6.07, 6.45) is 3.18. The molecule has 6 heteroatoms. The van der Waals surface area contributed by atoms with Gasteiger partial charge in [-0.1, -0.05) is 18.2 Å². The van der Waals surface area contributed by atoms with Crippen molar-refractivity contribution >= 4 is 11.8 Å². The van der Waals surface area contributed by atoms with Crippen LogP contribution in [0.3, 0.4) is 0 Å². The van der Waals surface area contributed by atoms with Gasteiger partial charge < -0.3 is 19.4 Å². The molecule has 1 aromatic heterocycles. The predicted molar refractivity (Wildman–Crippen MR) is 91.8 cm³/mol. The van der Waals surface area contributed by atoms with Crippen molar-refractivity contribution < 1.29 is 18.7 Å². The van der Waals surface area contributed by atoms with Crippen LogP contribution in [0.15, 0.2) is 53.1 Å². The zero-order chi connectivity index (χ0) is 17.5. The van der Waals surface area contributed by atoms with Gasteiger partial charge in [-0.05, 0) is 37.1 Å². The maximum absolute atomic E-state index is 12.3. The fourth-order valence-corrected chi connectivity index (χ4v) is 2.90. The molecule has 0 unspecified atom stereocenters. The smallest absolute Gasteiger partial charge is 0.260 e. The Morgan fingerprint density at radius 1 is 1.20 bits per heavy atom. The molecule has 0 aliphatic carbocycles. The van der Waals surface area contributed by atoms with E-state index in [2.05, 4.69) is 5.32 Å². The number of furan rings is 1. The molecule has 1 aromatic carbocycles. The highest BCUT2D eigenvalue weighted by Crippen LogP contribution is 2.17. The lowest BCUT2D eigenvalue weighted by atomic mass is 9.97. The standard InChI is InChI=1S/C19H22N2O4/c22-18(14-25-16-7-2-1-3-8-16)21-10-4-6-15(13-21)19(23)20-12-17-9-5-11-24-17/h1-3,5,7-9,11,15H,4,6,10,12-14H2,(H,20,23)/t15-/m1/s1. The Labute approximate surface area is 146 Å². The van der Waals surface area contributed by atoms with Gasteiger partial charge in [0.2, 0.25) is 5.91 Å². The van der Waals surface area contributed by atoms with Gasteiger partial charge in [-0.3, -0.25) is 9.59 Å². The lowest BCUT2D eigenvalue weighted by molar-refractivity contribution is -0.137. The van der Waals surface area contributed by atoms with Crippen LogP contribution in [0.5, 0.6) is 5.75 Å². The zero-order valence-electron chi connectivity index (χ0n) is 14.0. The molecular formula is C19H22N2O4. The van der Waals surface area contributed by atoms with Crippen LogP contribution in [0.1, 0.15) is 18.6 Å². The molecule has 1 aliphatic rings. The van der Waals surface area contributed by atoms with E-state index in [1.54, 1.807) is 17.2 Å². The maximum Gasteiger partial charge on any atom is 0.260 e. The Balaban J connectivity index is 1.46. The molecule has 1 aliphatic heterocycles. The quantitative estimate of drug-likeness (QED) is 0.874. The highest BCUT2D eigenvalue weighted by Gasteiger charge is 2.28. The fourth-order valence-electron chi connectivity index (χ4n) is 2.90. The summed E-state index contributed by atoms with van der Waals surface area (Å²) in [4.78, 5) is 26.4. The Kier molecular flexibility index (Phi) is 5.72. The van der Waals surface area contributed by atoms with E-state index in [0.29, 0.717) is 31.1 Å². The van der Waals surface area contributed by atoms with Gasteiger partial charge in [-0.15, -0.1) is 0 Å². The van der Waals surface area contributed by atoms with Crippen LogP contribution in [0.2, 0.25) is 0 Å². The number of hydrogen-bond acceptors (Lipinski definition) is 4. The van der Waals surface area contributed by atoms with Crippen LogP contribution >= 0.6 is 0 Å². The number of benzene rings is 1. The van der Waals surface area contributed by atoms with Gasteiger partial charge in [0.25, 0.3) is 5.91 Å². The van der Waals surface area contributed by atoms with Crippen molar-refractivity contribution in [2.75, 3.05) is 19.7 Å². The number of ether oxygens (including phenoxy) is 1. The van der Waals surface area contributed by atoms with Crippen molar-refractivity contribution in [3.8, 4) is 5.75 Å². The van der Waals surface area contributed by atoms with Gasteiger partial charge in [0.05, 0.1) is 18.7 Å².